The number of nitrogens with zero attached hydrogens (tertiary/aromatic N) is 2. The number of nitrogens with one attached hydrogen (secondary N) is 1. The Balaban J connectivity index is 1.54. The molecular formula is C32H32Cl2FN3O3. The van der Waals surface area contributed by atoms with Crippen LogP contribution in [-0.4, -0.2) is 61.0 Å². The van der Waals surface area contributed by atoms with E-state index >= 15 is 0 Å². The first-order valence-electron chi connectivity index (χ1n) is 14.0. The van der Waals surface area contributed by atoms with Crippen molar-refractivity contribution in [1.29, 1.82) is 0 Å². The molecule has 0 saturated carbocycles. The van der Waals surface area contributed by atoms with E-state index in [0.29, 0.717) is 47.5 Å². The molecule has 3 atom stereocenters. The standard InChI is InChI=1S/C32H32Cl2FN3O3/c1-20-6-8-24(35)18-25(20)30-32(26-9-7-23(34)17-28(26)36-31(32)40)27(21-4-2-5-22(33)16-21)19-29(39)38(30)11-3-10-37-12-14-41-15-13-37/h2,4-9,16-18,27,30H,3,10-15,19H2,1H3,(H,36,40). The minimum Gasteiger partial charge on any atom is -0.379 e. The molecule has 0 aromatic heterocycles. The first kappa shape index (κ1) is 28.2. The van der Waals surface area contributed by atoms with Gasteiger partial charge in [-0.2, -0.15) is 0 Å². The van der Waals surface area contributed by atoms with Crippen molar-refractivity contribution in [2.45, 2.75) is 37.1 Å². The second-order valence-electron chi connectivity index (χ2n) is 11.1. The molecule has 3 unspecified atom stereocenters. The lowest BCUT2D eigenvalue weighted by Crippen LogP contribution is -2.58. The summed E-state index contributed by atoms with van der Waals surface area (Å²) in [5.74, 6) is -1.27. The molecule has 3 aliphatic rings. The van der Waals surface area contributed by atoms with Gasteiger partial charge >= 0.3 is 0 Å². The van der Waals surface area contributed by atoms with Crippen molar-refractivity contribution in [1.82, 2.24) is 9.80 Å². The van der Waals surface area contributed by atoms with Crippen LogP contribution < -0.4 is 5.32 Å². The van der Waals surface area contributed by atoms with E-state index in [2.05, 4.69) is 10.2 Å². The normalized spacial score (nSPS) is 24.5. The van der Waals surface area contributed by atoms with E-state index < -0.39 is 23.2 Å². The summed E-state index contributed by atoms with van der Waals surface area (Å²) in [6, 6.07) is 16.6. The smallest absolute Gasteiger partial charge is 0.238 e. The number of amides is 2. The van der Waals surface area contributed by atoms with E-state index in [1.54, 1.807) is 24.3 Å². The Morgan fingerprint density at radius 1 is 1.00 bits per heavy atom. The summed E-state index contributed by atoms with van der Waals surface area (Å²) in [6.07, 6.45) is 0.821. The third-order valence-corrected chi connectivity index (χ3v) is 9.28. The van der Waals surface area contributed by atoms with Crippen molar-refractivity contribution in [3.05, 3.63) is 98.8 Å². The highest BCUT2D eigenvalue weighted by molar-refractivity contribution is 6.31. The summed E-state index contributed by atoms with van der Waals surface area (Å²) < 4.78 is 20.4. The number of hydrogen-bond donors (Lipinski definition) is 1. The van der Waals surface area contributed by atoms with Crippen LogP contribution in [0.25, 0.3) is 0 Å². The summed E-state index contributed by atoms with van der Waals surface area (Å²) in [6.45, 7) is 6.20. The Bertz CT molecular complexity index is 1490. The van der Waals surface area contributed by atoms with E-state index in [9.17, 15) is 14.0 Å². The van der Waals surface area contributed by atoms with Crippen molar-refractivity contribution in [2.24, 2.45) is 0 Å². The molecule has 2 fully saturated rings. The van der Waals surface area contributed by atoms with Crippen LogP contribution in [0, 0.1) is 12.7 Å². The summed E-state index contributed by atoms with van der Waals surface area (Å²) in [5.41, 5.74) is 2.33. The Morgan fingerprint density at radius 3 is 2.56 bits per heavy atom. The number of benzene rings is 3. The van der Waals surface area contributed by atoms with Crippen molar-refractivity contribution < 1.29 is 18.7 Å². The van der Waals surface area contributed by atoms with Gasteiger partial charge in [0.05, 0.1) is 19.3 Å². The highest BCUT2D eigenvalue weighted by Crippen LogP contribution is 2.60. The van der Waals surface area contributed by atoms with Crippen LogP contribution in [0.2, 0.25) is 10.0 Å². The zero-order valence-electron chi connectivity index (χ0n) is 22.8. The summed E-state index contributed by atoms with van der Waals surface area (Å²) >= 11 is 12.8. The molecule has 1 N–H and O–H groups in total. The molecule has 2 saturated heterocycles. The van der Waals surface area contributed by atoms with E-state index in [1.807, 2.05) is 36.1 Å². The molecule has 0 aliphatic carbocycles. The van der Waals surface area contributed by atoms with E-state index in [0.717, 1.165) is 36.3 Å². The predicted octanol–water partition coefficient (Wildman–Crippen LogP) is 6.11. The summed E-state index contributed by atoms with van der Waals surface area (Å²) in [4.78, 5) is 32.8. The van der Waals surface area contributed by atoms with Gasteiger partial charge in [-0.25, -0.2) is 4.39 Å². The number of piperidine rings is 1. The molecule has 41 heavy (non-hydrogen) atoms. The van der Waals surface area contributed by atoms with Crippen molar-refractivity contribution in [3.63, 3.8) is 0 Å². The minimum absolute atomic E-state index is 0.0774. The molecule has 6 nitrogen and oxygen atoms in total. The van der Waals surface area contributed by atoms with Crippen LogP contribution in [-0.2, 0) is 19.7 Å². The van der Waals surface area contributed by atoms with Gasteiger partial charge < -0.3 is 15.0 Å². The first-order valence-corrected chi connectivity index (χ1v) is 14.8. The predicted molar refractivity (Wildman–Crippen MR) is 158 cm³/mol. The number of carbonyl (C=O) groups excluding carboxylic acids is 2. The third-order valence-electron chi connectivity index (χ3n) is 8.81. The van der Waals surface area contributed by atoms with Gasteiger partial charge in [-0.05, 0) is 72.0 Å². The van der Waals surface area contributed by atoms with E-state index in [4.69, 9.17) is 27.9 Å². The molecule has 1 spiro atoms. The molecule has 3 aliphatic heterocycles. The molecular weight excluding hydrogens is 564 g/mol. The van der Waals surface area contributed by atoms with Gasteiger partial charge in [0.15, 0.2) is 0 Å². The van der Waals surface area contributed by atoms with Crippen LogP contribution in [0.3, 0.4) is 0 Å². The number of hydrogen-bond acceptors (Lipinski definition) is 4. The molecule has 214 valence electrons. The Kier molecular flexibility index (Phi) is 7.81. The average Bonchev–Trinajstić information content (AvgIpc) is 3.23. The number of likely N-dealkylation sites (tertiary alicyclic amines) is 1. The Hall–Kier alpha value is -2.97. The lowest BCUT2D eigenvalue weighted by atomic mass is 9.58. The number of morpholine rings is 1. The Labute approximate surface area is 249 Å². The van der Waals surface area contributed by atoms with Gasteiger partial charge in [0.2, 0.25) is 11.8 Å². The maximum absolute atomic E-state index is 15.0. The number of anilines is 1. The Morgan fingerprint density at radius 2 is 1.78 bits per heavy atom. The molecule has 2 amide bonds. The lowest BCUT2D eigenvalue weighted by Gasteiger charge is -2.52. The number of halogens is 3. The monoisotopic (exact) mass is 595 g/mol. The molecule has 9 heteroatoms. The quantitative estimate of drug-likeness (QED) is 0.373. The molecule has 6 rings (SSSR count). The number of fused-ring (bicyclic) bond motifs is 2. The highest BCUT2D eigenvalue weighted by Gasteiger charge is 2.63. The number of carbonyl (C=O) groups is 2. The molecule has 3 aromatic carbocycles. The minimum atomic E-state index is -1.24. The zero-order chi connectivity index (χ0) is 28.7. The van der Waals surface area contributed by atoms with Crippen LogP contribution in [0.15, 0.2) is 60.7 Å². The fourth-order valence-electron chi connectivity index (χ4n) is 6.95. The maximum Gasteiger partial charge on any atom is 0.238 e. The van der Waals surface area contributed by atoms with Crippen molar-refractivity contribution >= 4 is 40.7 Å². The third kappa shape index (κ3) is 5.03. The SMILES string of the molecule is Cc1ccc(F)cc1C1N(CCCN2CCOCC2)C(=O)CC(c2cccc(Cl)c2)C12C(=O)Nc1cc(Cl)ccc12. The summed E-state index contributed by atoms with van der Waals surface area (Å²) in [7, 11) is 0. The maximum atomic E-state index is 15.0. The second-order valence-corrected chi connectivity index (χ2v) is 12.0. The van der Waals surface area contributed by atoms with Gasteiger partial charge in [-0.3, -0.25) is 14.5 Å². The second kappa shape index (κ2) is 11.4. The van der Waals surface area contributed by atoms with Crippen LogP contribution in [0.1, 0.15) is 47.1 Å². The number of ether oxygens (including phenoxy) is 1. The van der Waals surface area contributed by atoms with Crippen molar-refractivity contribution in [2.75, 3.05) is 44.7 Å². The largest absolute Gasteiger partial charge is 0.379 e. The fourth-order valence-corrected chi connectivity index (χ4v) is 7.32. The van der Waals surface area contributed by atoms with Gasteiger partial charge in [0, 0.05) is 54.3 Å². The van der Waals surface area contributed by atoms with Crippen molar-refractivity contribution in [3.8, 4) is 0 Å². The van der Waals surface area contributed by atoms with Gasteiger partial charge in [-0.1, -0.05) is 47.5 Å². The molecule has 0 bridgehead atoms. The number of rotatable bonds is 6. The van der Waals surface area contributed by atoms with E-state index in [1.165, 1.54) is 12.1 Å². The molecule has 3 aromatic rings. The van der Waals surface area contributed by atoms with Gasteiger partial charge in [-0.15, -0.1) is 0 Å². The van der Waals surface area contributed by atoms with Gasteiger partial charge in [0.1, 0.15) is 11.2 Å². The average molecular weight is 597 g/mol. The zero-order valence-corrected chi connectivity index (χ0v) is 24.3. The fraction of sp³-hybridized carbons (Fsp3) is 0.375. The summed E-state index contributed by atoms with van der Waals surface area (Å²) in [5, 5.41) is 4.09. The van der Waals surface area contributed by atoms with Crippen LogP contribution in [0.4, 0.5) is 10.1 Å². The van der Waals surface area contributed by atoms with E-state index in [-0.39, 0.29) is 18.2 Å². The van der Waals surface area contributed by atoms with Gasteiger partial charge in [0.25, 0.3) is 0 Å². The van der Waals surface area contributed by atoms with Crippen LogP contribution >= 0.6 is 23.2 Å². The topological polar surface area (TPSA) is 61.9 Å². The lowest BCUT2D eigenvalue weighted by molar-refractivity contribution is -0.145. The first-order chi connectivity index (χ1) is 19.8. The molecule has 0 radical (unpaired) electrons. The van der Waals surface area contributed by atoms with Crippen LogP contribution in [0.5, 0.6) is 0 Å². The number of aryl methyl sites for hydroxylation is 1. The highest BCUT2D eigenvalue weighted by atomic mass is 35.5. The molecule has 3 heterocycles.